The zero-order chi connectivity index (χ0) is 37.8. The normalized spacial score (nSPS) is 14.4. The minimum Gasteiger partial charge on any atom is -0.310 e. The molecule has 0 N–H and O–H groups in total. The molecule has 0 spiro atoms. The Bertz CT molecular complexity index is 2910. The van der Waals surface area contributed by atoms with Crippen molar-refractivity contribution in [2.75, 3.05) is 4.90 Å². The summed E-state index contributed by atoms with van der Waals surface area (Å²) in [5, 5.41) is 2.53. The summed E-state index contributed by atoms with van der Waals surface area (Å²) in [5.74, 6) is 0. The third-order valence-corrected chi connectivity index (χ3v) is 12.8. The number of para-hydroxylation sites is 2. The standard InChI is InChI=1S/C54H42N2/c1-53(2)47-19-11-8-16-41(47)45-33-39(27-30-49(45)53)55(40-28-31-50-46(34-40)42-17-9-12-20-48(42)54(50,3)4)38-25-22-35(23-26-38)36-24-29-44-43-18-10-13-21-51(43)56(52(44)32-36)37-14-6-5-7-15-37/h5-34H,1-4H3. The minimum absolute atomic E-state index is 0.0485. The van der Waals surface area contributed by atoms with Crippen LogP contribution in [0, 0.1) is 0 Å². The van der Waals surface area contributed by atoms with Gasteiger partial charge in [-0.3, -0.25) is 0 Å². The van der Waals surface area contributed by atoms with Gasteiger partial charge in [0.25, 0.3) is 0 Å². The molecule has 0 saturated carbocycles. The number of rotatable bonds is 5. The molecule has 0 radical (unpaired) electrons. The van der Waals surface area contributed by atoms with Gasteiger partial charge in [0.05, 0.1) is 11.0 Å². The lowest BCUT2D eigenvalue weighted by atomic mass is 9.82. The summed E-state index contributed by atoms with van der Waals surface area (Å²) >= 11 is 0. The third-order valence-electron chi connectivity index (χ3n) is 12.8. The highest BCUT2D eigenvalue weighted by atomic mass is 15.1. The van der Waals surface area contributed by atoms with Gasteiger partial charge in [-0.05, 0) is 116 Å². The second kappa shape index (κ2) is 11.9. The highest BCUT2D eigenvalue weighted by molar-refractivity contribution is 6.10. The fourth-order valence-corrected chi connectivity index (χ4v) is 9.95. The largest absolute Gasteiger partial charge is 0.310 e. The molecule has 0 bridgehead atoms. The van der Waals surface area contributed by atoms with Gasteiger partial charge in [-0.2, -0.15) is 0 Å². The van der Waals surface area contributed by atoms with Gasteiger partial charge in [-0.15, -0.1) is 0 Å². The van der Waals surface area contributed by atoms with Crippen LogP contribution in [0.15, 0.2) is 182 Å². The van der Waals surface area contributed by atoms with Crippen LogP contribution in [0.5, 0.6) is 0 Å². The maximum absolute atomic E-state index is 2.45. The fraction of sp³-hybridized carbons (Fsp3) is 0.111. The average Bonchev–Trinajstić information content (AvgIpc) is 3.78. The summed E-state index contributed by atoms with van der Waals surface area (Å²) in [6.07, 6.45) is 0. The van der Waals surface area contributed by atoms with Crippen LogP contribution in [0.4, 0.5) is 17.1 Å². The Hall–Kier alpha value is -6.64. The van der Waals surface area contributed by atoms with E-state index in [1.807, 2.05) is 0 Å². The number of anilines is 3. The van der Waals surface area contributed by atoms with Gasteiger partial charge in [-0.1, -0.05) is 149 Å². The Morgan fingerprint density at radius 3 is 1.46 bits per heavy atom. The lowest BCUT2D eigenvalue weighted by Crippen LogP contribution is -2.16. The van der Waals surface area contributed by atoms with Gasteiger partial charge in [-0.25, -0.2) is 0 Å². The van der Waals surface area contributed by atoms with E-state index in [4.69, 9.17) is 0 Å². The summed E-state index contributed by atoms with van der Waals surface area (Å²) < 4.78 is 2.39. The van der Waals surface area contributed by atoms with Crippen LogP contribution in [-0.4, -0.2) is 4.57 Å². The smallest absolute Gasteiger partial charge is 0.0547 e. The molecule has 0 unspecified atom stereocenters. The van der Waals surface area contributed by atoms with Crippen molar-refractivity contribution in [3.8, 4) is 39.1 Å². The zero-order valence-electron chi connectivity index (χ0n) is 32.2. The van der Waals surface area contributed by atoms with Crippen LogP contribution >= 0.6 is 0 Å². The number of fused-ring (bicyclic) bond motifs is 9. The molecule has 2 aliphatic rings. The second-order valence-corrected chi connectivity index (χ2v) is 16.6. The minimum atomic E-state index is -0.0485. The molecular formula is C54H42N2. The quantitative estimate of drug-likeness (QED) is 0.172. The molecule has 2 aliphatic carbocycles. The van der Waals surface area contributed by atoms with Crippen LogP contribution < -0.4 is 4.90 Å². The molecule has 0 aliphatic heterocycles. The molecule has 1 heterocycles. The van der Waals surface area contributed by atoms with Gasteiger partial charge in [0, 0.05) is 44.4 Å². The molecule has 56 heavy (non-hydrogen) atoms. The lowest BCUT2D eigenvalue weighted by Gasteiger charge is -2.28. The Balaban J connectivity index is 1.06. The van der Waals surface area contributed by atoms with Crippen LogP contribution in [0.1, 0.15) is 49.9 Å². The van der Waals surface area contributed by atoms with Gasteiger partial charge in [0.2, 0.25) is 0 Å². The third kappa shape index (κ3) is 4.69. The van der Waals surface area contributed by atoms with Crippen LogP contribution in [0.3, 0.4) is 0 Å². The monoisotopic (exact) mass is 718 g/mol. The number of nitrogens with zero attached hydrogens (tertiary/aromatic N) is 2. The lowest BCUT2D eigenvalue weighted by molar-refractivity contribution is 0.660. The van der Waals surface area contributed by atoms with Crippen LogP contribution in [0.25, 0.3) is 60.9 Å². The molecule has 0 amide bonds. The Morgan fingerprint density at radius 2 is 0.839 bits per heavy atom. The van der Waals surface area contributed by atoms with E-state index >= 15 is 0 Å². The molecule has 8 aromatic carbocycles. The summed E-state index contributed by atoms with van der Waals surface area (Å²) in [5.41, 5.74) is 20.2. The van der Waals surface area contributed by atoms with Gasteiger partial charge in [0.1, 0.15) is 0 Å². The first-order valence-electron chi connectivity index (χ1n) is 19.8. The van der Waals surface area contributed by atoms with Gasteiger partial charge in [0.15, 0.2) is 0 Å². The van der Waals surface area contributed by atoms with E-state index < -0.39 is 0 Å². The maximum Gasteiger partial charge on any atom is 0.0547 e. The molecule has 0 atom stereocenters. The second-order valence-electron chi connectivity index (χ2n) is 16.6. The van der Waals surface area contributed by atoms with E-state index in [1.54, 1.807) is 0 Å². The number of benzene rings is 8. The molecule has 0 saturated heterocycles. The molecule has 2 heteroatoms. The average molecular weight is 719 g/mol. The summed E-state index contributed by atoms with van der Waals surface area (Å²) in [4.78, 5) is 2.45. The number of aromatic nitrogens is 1. The first-order valence-corrected chi connectivity index (χ1v) is 19.8. The zero-order valence-corrected chi connectivity index (χ0v) is 32.2. The topological polar surface area (TPSA) is 8.17 Å². The van der Waals surface area contributed by atoms with Crippen molar-refractivity contribution in [3.63, 3.8) is 0 Å². The summed E-state index contributed by atoms with van der Waals surface area (Å²) in [6.45, 7) is 9.41. The van der Waals surface area contributed by atoms with Crippen LogP contribution in [-0.2, 0) is 10.8 Å². The van der Waals surface area contributed by atoms with Crippen molar-refractivity contribution < 1.29 is 0 Å². The van der Waals surface area contributed by atoms with E-state index in [0.717, 1.165) is 17.1 Å². The van der Waals surface area contributed by atoms with Crippen LogP contribution in [0.2, 0.25) is 0 Å². The number of hydrogen-bond donors (Lipinski definition) is 0. The highest BCUT2D eigenvalue weighted by Gasteiger charge is 2.37. The van der Waals surface area contributed by atoms with E-state index in [1.165, 1.54) is 83.1 Å². The fourth-order valence-electron chi connectivity index (χ4n) is 9.95. The molecule has 2 nitrogen and oxygen atoms in total. The van der Waals surface area contributed by atoms with Crippen molar-refractivity contribution in [1.82, 2.24) is 4.57 Å². The van der Waals surface area contributed by atoms with E-state index in [2.05, 4.69) is 219 Å². The summed E-state index contributed by atoms with van der Waals surface area (Å²) in [7, 11) is 0. The highest BCUT2D eigenvalue weighted by Crippen LogP contribution is 2.53. The van der Waals surface area contributed by atoms with Crippen molar-refractivity contribution >= 4 is 38.9 Å². The Kier molecular flexibility index (Phi) is 6.98. The molecular weight excluding hydrogens is 677 g/mol. The van der Waals surface area contributed by atoms with Crippen molar-refractivity contribution in [2.24, 2.45) is 0 Å². The van der Waals surface area contributed by atoms with Gasteiger partial charge >= 0.3 is 0 Å². The summed E-state index contributed by atoms with van der Waals surface area (Å²) in [6, 6.07) is 67.5. The SMILES string of the molecule is CC1(C)c2ccccc2-c2cc(N(c3ccc(-c4ccc5c6ccccc6n(-c6ccccc6)c5c4)cc3)c3ccc4c(c3)-c3ccccc3C4(C)C)ccc21. The first kappa shape index (κ1) is 32.8. The predicted molar refractivity (Wildman–Crippen MR) is 236 cm³/mol. The first-order chi connectivity index (χ1) is 27.3. The van der Waals surface area contributed by atoms with Crippen molar-refractivity contribution in [3.05, 3.63) is 204 Å². The molecule has 0 fully saturated rings. The molecule has 9 aromatic rings. The van der Waals surface area contributed by atoms with Gasteiger partial charge < -0.3 is 9.47 Å². The van der Waals surface area contributed by atoms with E-state index in [0.29, 0.717) is 0 Å². The van der Waals surface area contributed by atoms with E-state index in [-0.39, 0.29) is 10.8 Å². The predicted octanol–water partition coefficient (Wildman–Crippen LogP) is 14.5. The Labute approximate surface area is 328 Å². The number of hydrogen-bond acceptors (Lipinski definition) is 1. The maximum atomic E-state index is 2.45. The Morgan fingerprint density at radius 1 is 0.357 bits per heavy atom. The van der Waals surface area contributed by atoms with Crippen molar-refractivity contribution in [1.29, 1.82) is 0 Å². The molecule has 11 rings (SSSR count). The van der Waals surface area contributed by atoms with Crippen molar-refractivity contribution in [2.45, 2.75) is 38.5 Å². The molecule has 268 valence electrons. The van der Waals surface area contributed by atoms with E-state index in [9.17, 15) is 0 Å². The molecule has 1 aromatic heterocycles.